The quantitative estimate of drug-likeness (QED) is 0.438. The molecule has 0 amide bonds. The molecule has 0 unspecified atom stereocenters. The number of hydrogen-bond acceptors (Lipinski definition) is 7. The number of benzene rings is 1. The van der Waals surface area contributed by atoms with E-state index >= 15 is 0 Å². The minimum Gasteiger partial charge on any atom is -0.451 e. The van der Waals surface area contributed by atoms with Gasteiger partial charge in [0.25, 0.3) is 0 Å². The molecule has 3 aromatic rings. The average molecular weight is 489 g/mol. The number of aryl methyl sites for hydroxylation is 1. The minimum absolute atomic E-state index is 0.0720. The smallest absolute Gasteiger partial charge is 0.433 e. The third kappa shape index (κ3) is 4.04. The SMILES string of the molecule is Cc1cc(Nc2nccc(C(F)(F)F)n2)cc(-c2cnc([C@@]34CC[C@@H](C(=O)O3)C(C)(C)C4)s2)c1. The summed E-state index contributed by atoms with van der Waals surface area (Å²) in [6, 6.07) is 6.43. The van der Waals surface area contributed by atoms with E-state index in [4.69, 9.17) is 4.74 Å². The van der Waals surface area contributed by atoms with Gasteiger partial charge in [0.2, 0.25) is 5.95 Å². The molecule has 1 aromatic carbocycles. The van der Waals surface area contributed by atoms with Crippen molar-refractivity contribution in [3.05, 3.63) is 52.9 Å². The Kier molecular flexibility index (Phi) is 5.20. The lowest BCUT2D eigenvalue weighted by Gasteiger charge is -2.52. The van der Waals surface area contributed by atoms with Gasteiger partial charge in [0.05, 0.1) is 10.8 Å². The van der Waals surface area contributed by atoms with Gasteiger partial charge in [0, 0.05) is 18.1 Å². The molecule has 2 saturated heterocycles. The Bertz CT molecular complexity index is 1270. The van der Waals surface area contributed by atoms with E-state index in [9.17, 15) is 18.0 Å². The third-order valence-corrected chi connectivity index (χ3v) is 7.79. The first kappa shape index (κ1) is 22.8. The molecular formula is C24H23F3N4O2S. The highest BCUT2D eigenvalue weighted by molar-refractivity contribution is 7.15. The average Bonchev–Trinajstić information content (AvgIpc) is 3.23. The van der Waals surface area contributed by atoms with Crippen LogP contribution in [0, 0.1) is 18.3 Å². The van der Waals surface area contributed by atoms with Crippen molar-refractivity contribution < 1.29 is 22.7 Å². The van der Waals surface area contributed by atoms with Crippen molar-refractivity contribution in [1.82, 2.24) is 15.0 Å². The van der Waals surface area contributed by atoms with Crippen molar-refractivity contribution >= 4 is 28.9 Å². The van der Waals surface area contributed by atoms with Gasteiger partial charge in [-0.3, -0.25) is 4.79 Å². The predicted octanol–water partition coefficient (Wildman–Crippen LogP) is 6.25. The lowest BCUT2D eigenvalue weighted by molar-refractivity contribution is -0.209. The topological polar surface area (TPSA) is 77.0 Å². The van der Waals surface area contributed by atoms with Crippen LogP contribution < -0.4 is 5.32 Å². The second-order valence-corrected chi connectivity index (χ2v) is 10.7. The van der Waals surface area contributed by atoms with Crippen LogP contribution in [0.2, 0.25) is 0 Å². The van der Waals surface area contributed by atoms with E-state index < -0.39 is 17.5 Å². The molecule has 3 fully saturated rings. The number of carbonyl (C=O) groups is 1. The summed E-state index contributed by atoms with van der Waals surface area (Å²) in [5.41, 5.74) is 0.465. The molecule has 2 atom stereocenters. The number of halogens is 3. The Morgan fingerprint density at radius 1 is 1.21 bits per heavy atom. The van der Waals surface area contributed by atoms with Crippen molar-refractivity contribution in [2.24, 2.45) is 11.3 Å². The number of ether oxygens (including phenoxy) is 1. The van der Waals surface area contributed by atoms with E-state index in [1.54, 1.807) is 12.3 Å². The number of alkyl halides is 3. The number of fused-ring (bicyclic) bond motifs is 3. The Labute approximate surface area is 198 Å². The fraction of sp³-hybridized carbons (Fsp3) is 0.417. The first-order valence-electron chi connectivity index (χ1n) is 10.9. The number of carbonyl (C=O) groups excluding carboxylic acids is 1. The number of rotatable bonds is 4. The molecule has 4 heterocycles. The Balaban J connectivity index is 1.44. The van der Waals surface area contributed by atoms with Crippen molar-refractivity contribution in [1.29, 1.82) is 0 Å². The van der Waals surface area contributed by atoms with Crippen LogP contribution in [0.3, 0.4) is 0 Å². The fourth-order valence-electron chi connectivity index (χ4n) is 5.05. The number of hydrogen-bond donors (Lipinski definition) is 1. The van der Waals surface area contributed by atoms with Crippen LogP contribution in [0.25, 0.3) is 10.4 Å². The zero-order valence-corrected chi connectivity index (χ0v) is 19.7. The molecule has 1 aliphatic carbocycles. The molecular weight excluding hydrogens is 465 g/mol. The molecule has 1 saturated carbocycles. The molecule has 2 bridgehead atoms. The summed E-state index contributed by atoms with van der Waals surface area (Å²) in [5.74, 6) is -0.358. The molecule has 6 nitrogen and oxygen atoms in total. The summed E-state index contributed by atoms with van der Waals surface area (Å²) >= 11 is 1.48. The molecule has 1 N–H and O–H groups in total. The van der Waals surface area contributed by atoms with Crippen molar-refractivity contribution in [3.8, 4) is 10.4 Å². The molecule has 0 spiro atoms. The maximum atomic E-state index is 13.0. The number of thiazole rings is 1. The van der Waals surface area contributed by atoms with E-state index in [2.05, 4.69) is 34.1 Å². The van der Waals surface area contributed by atoms with Gasteiger partial charge in [-0.1, -0.05) is 19.9 Å². The van der Waals surface area contributed by atoms with Gasteiger partial charge in [-0.05, 0) is 60.9 Å². The van der Waals surface area contributed by atoms with Crippen molar-refractivity contribution in [2.75, 3.05) is 5.32 Å². The van der Waals surface area contributed by atoms with Crippen molar-refractivity contribution in [2.45, 2.75) is 51.8 Å². The summed E-state index contributed by atoms with van der Waals surface area (Å²) in [4.78, 5) is 25.5. The van der Waals surface area contributed by atoms with E-state index in [0.29, 0.717) is 5.69 Å². The van der Waals surface area contributed by atoms with Crippen LogP contribution in [0.15, 0.2) is 36.7 Å². The maximum Gasteiger partial charge on any atom is 0.433 e. The summed E-state index contributed by atoms with van der Waals surface area (Å²) in [6.07, 6.45) is 0.563. The zero-order valence-electron chi connectivity index (χ0n) is 18.9. The van der Waals surface area contributed by atoms with Gasteiger partial charge in [-0.2, -0.15) is 13.2 Å². The largest absolute Gasteiger partial charge is 0.451 e. The third-order valence-electron chi connectivity index (χ3n) is 6.56. The van der Waals surface area contributed by atoms with Crippen LogP contribution in [0.1, 0.15) is 49.4 Å². The highest BCUT2D eigenvalue weighted by Crippen LogP contribution is 2.57. The van der Waals surface area contributed by atoms with Gasteiger partial charge < -0.3 is 10.1 Å². The highest BCUT2D eigenvalue weighted by Gasteiger charge is 2.58. The number of nitrogens with one attached hydrogen (secondary N) is 1. The Morgan fingerprint density at radius 3 is 2.71 bits per heavy atom. The first-order chi connectivity index (χ1) is 16.0. The lowest BCUT2D eigenvalue weighted by atomic mass is 9.61. The van der Waals surface area contributed by atoms with Gasteiger partial charge >= 0.3 is 12.1 Å². The monoisotopic (exact) mass is 488 g/mol. The molecule has 2 aromatic heterocycles. The molecule has 34 heavy (non-hydrogen) atoms. The predicted molar refractivity (Wildman–Crippen MR) is 121 cm³/mol. The highest BCUT2D eigenvalue weighted by atomic mass is 32.1. The zero-order chi connectivity index (χ0) is 24.3. The van der Waals surface area contributed by atoms with Gasteiger partial charge in [0.1, 0.15) is 10.7 Å². The van der Waals surface area contributed by atoms with Crippen LogP contribution in [0.4, 0.5) is 24.8 Å². The first-order valence-corrected chi connectivity index (χ1v) is 11.8. The normalized spacial score (nSPS) is 23.6. The number of esters is 1. The minimum atomic E-state index is -4.55. The van der Waals surface area contributed by atoms with E-state index in [1.807, 2.05) is 19.1 Å². The Morgan fingerprint density at radius 2 is 2.00 bits per heavy atom. The van der Waals surface area contributed by atoms with E-state index in [-0.39, 0.29) is 23.3 Å². The van der Waals surface area contributed by atoms with E-state index in [1.165, 1.54) is 11.3 Å². The Hall–Kier alpha value is -3.01. The molecule has 6 rings (SSSR count). The number of anilines is 2. The number of aromatic nitrogens is 3. The summed E-state index contributed by atoms with van der Waals surface area (Å²) < 4.78 is 44.9. The van der Waals surface area contributed by atoms with Gasteiger partial charge in [-0.25, -0.2) is 15.0 Å². The summed E-state index contributed by atoms with van der Waals surface area (Å²) in [7, 11) is 0. The van der Waals surface area contributed by atoms with Crippen LogP contribution >= 0.6 is 11.3 Å². The molecule has 0 radical (unpaired) electrons. The van der Waals surface area contributed by atoms with Gasteiger partial charge in [-0.15, -0.1) is 11.3 Å². The second-order valence-electron chi connectivity index (χ2n) is 9.68. The maximum absolute atomic E-state index is 13.0. The van der Waals surface area contributed by atoms with Crippen LogP contribution in [-0.4, -0.2) is 20.9 Å². The lowest BCUT2D eigenvalue weighted by Crippen LogP contribution is -2.54. The standard InChI is InChI=1S/C24H23F3N4O2S/c1-13-8-14(10-15(9-13)30-21-28-7-5-18(31-21)24(25,26)27)17-11-29-20(34-17)23-6-4-16(19(32)33-23)22(2,3)12-23/h5,7-11,16H,4,6,12H2,1-3H3,(H,28,30,31)/t16-,23-/m0/s1. The molecule has 10 heteroatoms. The summed E-state index contributed by atoms with van der Waals surface area (Å²) in [6.45, 7) is 6.11. The van der Waals surface area contributed by atoms with Crippen LogP contribution in [-0.2, 0) is 21.3 Å². The van der Waals surface area contributed by atoms with Gasteiger partial charge in [0.15, 0.2) is 5.60 Å². The summed E-state index contributed by atoms with van der Waals surface area (Å²) in [5, 5.41) is 3.65. The number of nitrogens with zero attached hydrogens (tertiary/aromatic N) is 3. The second kappa shape index (κ2) is 7.76. The molecule has 3 aliphatic rings. The van der Waals surface area contributed by atoms with Crippen molar-refractivity contribution in [3.63, 3.8) is 0 Å². The fourth-order valence-corrected chi connectivity index (χ4v) is 6.11. The molecule has 178 valence electrons. The van der Waals surface area contributed by atoms with Crippen LogP contribution in [0.5, 0.6) is 0 Å². The van der Waals surface area contributed by atoms with E-state index in [0.717, 1.165) is 52.5 Å². The molecule has 2 aliphatic heterocycles.